The second-order valence-corrected chi connectivity index (χ2v) is 7.50. The number of esters is 1. The van der Waals surface area contributed by atoms with E-state index in [-0.39, 0.29) is 25.0 Å². The van der Waals surface area contributed by atoms with Crippen LogP contribution in [-0.4, -0.2) is 24.4 Å². The summed E-state index contributed by atoms with van der Waals surface area (Å²) in [7, 11) is 0. The molecule has 7 heteroatoms. The minimum absolute atomic E-state index is 0.131. The van der Waals surface area contributed by atoms with Crippen LogP contribution in [0.2, 0.25) is 0 Å². The van der Waals surface area contributed by atoms with E-state index in [1.807, 2.05) is 44.2 Å². The lowest BCUT2D eigenvalue weighted by molar-refractivity contribution is -0.131. The van der Waals surface area contributed by atoms with Crippen molar-refractivity contribution >= 4 is 23.5 Å². The Labute approximate surface area is 192 Å². The molecule has 170 valence electrons. The lowest BCUT2D eigenvalue weighted by Gasteiger charge is -2.14. The third-order valence-corrected chi connectivity index (χ3v) is 5.00. The second kappa shape index (κ2) is 10.9. The summed E-state index contributed by atoms with van der Waals surface area (Å²) in [6.07, 6.45) is 0. The third kappa shape index (κ3) is 6.67. The van der Waals surface area contributed by atoms with Gasteiger partial charge in [-0.3, -0.25) is 14.4 Å². The van der Waals surface area contributed by atoms with Crippen LogP contribution in [0.25, 0.3) is 0 Å². The molecule has 2 amide bonds. The molecule has 0 fully saturated rings. The smallest absolute Gasteiger partial charge is 0.308 e. The van der Waals surface area contributed by atoms with Crippen molar-refractivity contribution in [1.29, 1.82) is 0 Å². The summed E-state index contributed by atoms with van der Waals surface area (Å²) in [5.41, 5.74) is 3.76. The molecular formula is C26H26N2O5. The van der Waals surface area contributed by atoms with Crippen LogP contribution >= 0.6 is 0 Å². The van der Waals surface area contributed by atoms with Crippen LogP contribution in [0.15, 0.2) is 66.7 Å². The van der Waals surface area contributed by atoms with Crippen molar-refractivity contribution in [3.05, 3.63) is 89.0 Å². The topological polar surface area (TPSA) is 93.7 Å². The van der Waals surface area contributed by atoms with Gasteiger partial charge in [-0.1, -0.05) is 36.4 Å². The van der Waals surface area contributed by atoms with Crippen LogP contribution in [0.5, 0.6) is 11.5 Å². The van der Waals surface area contributed by atoms with Crippen LogP contribution in [0, 0.1) is 13.8 Å². The Hall–Kier alpha value is -4.13. The van der Waals surface area contributed by atoms with E-state index in [0.29, 0.717) is 22.7 Å². The van der Waals surface area contributed by atoms with Crippen molar-refractivity contribution in [2.75, 3.05) is 11.9 Å². The summed E-state index contributed by atoms with van der Waals surface area (Å²) < 4.78 is 10.7. The molecule has 2 N–H and O–H groups in total. The van der Waals surface area contributed by atoms with Gasteiger partial charge in [0.05, 0.1) is 0 Å². The molecule has 3 aromatic rings. The largest absolute Gasteiger partial charge is 0.483 e. The fourth-order valence-corrected chi connectivity index (χ4v) is 3.15. The van der Waals surface area contributed by atoms with Gasteiger partial charge in [0.1, 0.15) is 11.5 Å². The highest BCUT2D eigenvalue weighted by Gasteiger charge is 2.12. The highest BCUT2D eigenvalue weighted by molar-refractivity contribution is 5.95. The van der Waals surface area contributed by atoms with E-state index in [0.717, 1.165) is 16.7 Å². The first-order valence-corrected chi connectivity index (χ1v) is 10.5. The number of ether oxygens (including phenoxy) is 2. The third-order valence-electron chi connectivity index (χ3n) is 5.00. The fraction of sp³-hybridized carbons (Fsp3) is 0.192. The average molecular weight is 447 g/mol. The van der Waals surface area contributed by atoms with Crippen LogP contribution in [-0.2, 0) is 16.1 Å². The molecule has 0 aromatic heterocycles. The molecule has 0 atom stereocenters. The minimum atomic E-state index is -0.459. The number of amides is 2. The molecule has 33 heavy (non-hydrogen) atoms. The molecule has 0 saturated carbocycles. The van der Waals surface area contributed by atoms with Gasteiger partial charge in [-0.15, -0.1) is 0 Å². The van der Waals surface area contributed by atoms with Crippen LogP contribution in [0.1, 0.15) is 34.0 Å². The minimum Gasteiger partial charge on any atom is -0.483 e. The zero-order valence-corrected chi connectivity index (χ0v) is 18.8. The summed E-state index contributed by atoms with van der Waals surface area (Å²) in [5, 5.41) is 5.66. The van der Waals surface area contributed by atoms with E-state index in [1.165, 1.54) is 13.0 Å². The Morgan fingerprint density at radius 2 is 1.67 bits per heavy atom. The van der Waals surface area contributed by atoms with E-state index < -0.39 is 5.97 Å². The number of benzene rings is 3. The highest BCUT2D eigenvalue weighted by Crippen LogP contribution is 2.21. The number of hydrogen-bond acceptors (Lipinski definition) is 5. The maximum Gasteiger partial charge on any atom is 0.308 e. The normalized spacial score (nSPS) is 10.3. The van der Waals surface area contributed by atoms with Gasteiger partial charge in [0.2, 0.25) is 0 Å². The van der Waals surface area contributed by atoms with E-state index >= 15 is 0 Å². The van der Waals surface area contributed by atoms with Crippen molar-refractivity contribution in [3.63, 3.8) is 0 Å². The molecule has 3 aromatic carbocycles. The molecule has 3 rings (SSSR count). The summed E-state index contributed by atoms with van der Waals surface area (Å²) in [6, 6.07) is 19.3. The molecule has 0 unspecified atom stereocenters. The quantitative estimate of drug-likeness (QED) is 0.400. The Balaban J connectivity index is 1.60. The first-order chi connectivity index (χ1) is 15.8. The fourth-order valence-electron chi connectivity index (χ4n) is 3.15. The van der Waals surface area contributed by atoms with Crippen molar-refractivity contribution in [2.24, 2.45) is 0 Å². The molecule has 0 spiro atoms. The first-order valence-electron chi connectivity index (χ1n) is 10.5. The highest BCUT2D eigenvalue weighted by atomic mass is 16.5. The molecule has 0 aliphatic heterocycles. The van der Waals surface area contributed by atoms with E-state index in [4.69, 9.17) is 9.47 Å². The number of anilines is 1. The molecule has 0 aliphatic carbocycles. The van der Waals surface area contributed by atoms with Crippen LogP contribution in [0.3, 0.4) is 0 Å². The maximum atomic E-state index is 12.5. The SMILES string of the molecule is CC(=O)Oc1cccc(C(=O)NCc2ccccc2NC(=O)COc2cccc(C)c2C)c1. The van der Waals surface area contributed by atoms with Gasteiger partial charge >= 0.3 is 5.97 Å². The van der Waals surface area contributed by atoms with E-state index in [2.05, 4.69) is 10.6 Å². The molecule has 7 nitrogen and oxygen atoms in total. The van der Waals surface area contributed by atoms with Gasteiger partial charge < -0.3 is 20.1 Å². The molecule has 0 radical (unpaired) electrons. The van der Waals surface area contributed by atoms with Gasteiger partial charge in [0.15, 0.2) is 6.61 Å². The number of rotatable bonds is 8. The van der Waals surface area contributed by atoms with Gasteiger partial charge in [-0.05, 0) is 60.9 Å². The Kier molecular flexibility index (Phi) is 7.81. The average Bonchev–Trinajstić information content (AvgIpc) is 2.79. The summed E-state index contributed by atoms with van der Waals surface area (Å²) in [6.45, 7) is 5.30. The first kappa shape index (κ1) is 23.5. The van der Waals surface area contributed by atoms with Gasteiger partial charge in [-0.2, -0.15) is 0 Å². The molecular weight excluding hydrogens is 420 g/mol. The summed E-state index contributed by atoms with van der Waals surface area (Å²) in [5.74, 6) is -0.126. The standard InChI is InChI=1S/C26H26N2O5/c1-17-8-6-13-24(18(17)2)32-16-25(30)28-23-12-5-4-9-21(23)15-27-26(31)20-10-7-11-22(14-20)33-19(3)29/h4-14H,15-16H2,1-3H3,(H,27,31)(H,28,30). The molecule has 0 bridgehead atoms. The lowest BCUT2D eigenvalue weighted by atomic mass is 10.1. The zero-order valence-electron chi connectivity index (χ0n) is 18.8. The molecule has 0 heterocycles. The number of hydrogen-bond donors (Lipinski definition) is 2. The van der Waals surface area contributed by atoms with Gasteiger partial charge in [0, 0.05) is 24.7 Å². The van der Waals surface area contributed by atoms with Crippen molar-refractivity contribution in [1.82, 2.24) is 5.32 Å². The van der Waals surface area contributed by atoms with E-state index in [9.17, 15) is 14.4 Å². The Bertz CT molecular complexity index is 1170. The number of carbonyl (C=O) groups is 3. The van der Waals surface area contributed by atoms with Crippen molar-refractivity contribution < 1.29 is 23.9 Å². The maximum absolute atomic E-state index is 12.5. The predicted octanol–water partition coefficient (Wildman–Crippen LogP) is 4.18. The van der Waals surface area contributed by atoms with Crippen molar-refractivity contribution in [2.45, 2.75) is 27.3 Å². The van der Waals surface area contributed by atoms with Crippen LogP contribution < -0.4 is 20.1 Å². The molecule has 0 saturated heterocycles. The summed E-state index contributed by atoms with van der Waals surface area (Å²) in [4.78, 5) is 36.1. The number of carbonyl (C=O) groups excluding carboxylic acids is 3. The number of nitrogens with one attached hydrogen (secondary N) is 2. The van der Waals surface area contributed by atoms with Gasteiger partial charge in [-0.25, -0.2) is 0 Å². The van der Waals surface area contributed by atoms with Gasteiger partial charge in [0.25, 0.3) is 11.8 Å². The summed E-state index contributed by atoms with van der Waals surface area (Å²) >= 11 is 0. The second-order valence-electron chi connectivity index (χ2n) is 7.50. The van der Waals surface area contributed by atoms with Crippen molar-refractivity contribution in [3.8, 4) is 11.5 Å². The number of aryl methyl sites for hydroxylation is 1. The lowest BCUT2D eigenvalue weighted by Crippen LogP contribution is -2.25. The Morgan fingerprint density at radius 3 is 2.45 bits per heavy atom. The van der Waals surface area contributed by atoms with E-state index in [1.54, 1.807) is 30.3 Å². The monoisotopic (exact) mass is 446 g/mol. The number of para-hydroxylation sites is 1. The zero-order chi connectivity index (χ0) is 23.8. The Morgan fingerprint density at radius 1 is 0.909 bits per heavy atom. The predicted molar refractivity (Wildman–Crippen MR) is 125 cm³/mol. The molecule has 0 aliphatic rings. The van der Waals surface area contributed by atoms with Crippen LogP contribution in [0.4, 0.5) is 5.69 Å².